The summed E-state index contributed by atoms with van der Waals surface area (Å²) < 4.78 is 0. The van der Waals surface area contributed by atoms with Crippen LogP contribution in [-0.4, -0.2) is 6.54 Å². The van der Waals surface area contributed by atoms with Gasteiger partial charge in [-0.1, -0.05) is 51.1 Å². The second kappa shape index (κ2) is 5.92. The first-order valence-electron chi connectivity index (χ1n) is 5.89. The van der Waals surface area contributed by atoms with Crippen molar-refractivity contribution in [1.29, 1.82) is 0 Å². The average molecular weight is 205 g/mol. The van der Waals surface area contributed by atoms with Crippen LogP contribution in [0.1, 0.15) is 39.3 Å². The molecule has 1 heteroatoms. The maximum atomic E-state index is 3.58. The Kier molecular flexibility index (Phi) is 4.83. The Morgan fingerprint density at radius 2 is 1.60 bits per heavy atom. The molecular formula is C14H23N. The summed E-state index contributed by atoms with van der Waals surface area (Å²) >= 11 is 0. The molecule has 0 amide bonds. The monoisotopic (exact) mass is 205 g/mol. The molecule has 2 unspecified atom stereocenters. The van der Waals surface area contributed by atoms with E-state index >= 15 is 0 Å². The van der Waals surface area contributed by atoms with Gasteiger partial charge >= 0.3 is 0 Å². The van der Waals surface area contributed by atoms with Gasteiger partial charge in [0.1, 0.15) is 0 Å². The quantitative estimate of drug-likeness (QED) is 0.774. The van der Waals surface area contributed by atoms with E-state index in [2.05, 4.69) is 63.3 Å². The van der Waals surface area contributed by atoms with Gasteiger partial charge in [0.25, 0.3) is 0 Å². The molecule has 0 spiro atoms. The summed E-state index contributed by atoms with van der Waals surface area (Å²) in [6.07, 6.45) is 0. The second-order valence-electron chi connectivity index (χ2n) is 4.76. The molecule has 84 valence electrons. The molecule has 1 nitrogen and oxygen atoms in total. The summed E-state index contributed by atoms with van der Waals surface area (Å²) in [5.74, 6) is 1.48. The molecular weight excluding hydrogens is 182 g/mol. The van der Waals surface area contributed by atoms with Crippen molar-refractivity contribution in [2.45, 2.75) is 33.7 Å². The molecule has 1 aromatic rings. The second-order valence-corrected chi connectivity index (χ2v) is 4.76. The maximum absolute atomic E-state index is 3.58. The zero-order valence-corrected chi connectivity index (χ0v) is 10.3. The predicted molar refractivity (Wildman–Crippen MR) is 66.9 cm³/mol. The van der Waals surface area contributed by atoms with Gasteiger partial charge in [-0.3, -0.25) is 0 Å². The van der Waals surface area contributed by atoms with Crippen molar-refractivity contribution in [2.24, 2.45) is 11.8 Å². The Bertz CT molecular complexity index is 266. The minimum absolute atomic E-state index is 0.451. The minimum Gasteiger partial charge on any atom is -0.310 e. The fourth-order valence-electron chi connectivity index (χ4n) is 1.46. The Balaban J connectivity index is 2.40. The molecule has 1 aromatic carbocycles. The average Bonchev–Trinajstić information content (AvgIpc) is 2.26. The standard InChI is InChI=1S/C14H23N/c1-11(2)12(3)10-15-13(4)14-8-6-5-7-9-14/h5-9,11-13,15H,10H2,1-4H3. The molecule has 0 fully saturated rings. The Morgan fingerprint density at radius 3 is 2.13 bits per heavy atom. The lowest BCUT2D eigenvalue weighted by Crippen LogP contribution is -2.26. The smallest absolute Gasteiger partial charge is 0.0291 e. The molecule has 0 aliphatic heterocycles. The van der Waals surface area contributed by atoms with Gasteiger partial charge in [-0.25, -0.2) is 0 Å². The van der Waals surface area contributed by atoms with Gasteiger partial charge in [0.05, 0.1) is 0 Å². The van der Waals surface area contributed by atoms with E-state index in [1.54, 1.807) is 0 Å². The Hall–Kier alpha value is -0.820. The molecule has 0 heterocycles. The molecule has 0 radical (unpaired) electrons. The fourth-order valence-corrected chi connectivity index (χ4v) is 1.46. The van der Waals surface area contributed by atoms with Crippen molar-refractivity contribution in [3.05, 3.63) is 35.9 Å². The maximum Gasteiger partial charge on any atom is 0.0291 e. The van der Waals surface area contributed by atoms with Crippen LogP contribution in [-0.2, 0) is 0 Å². The molecule has 0 aliphatic rings. The molecule has 0 bridgehead atoms. The fraction of sp³-hybridized carbons (Fsp3) is 0.571. The number of hydrogen-bond donors (Lipinski definition) is 1. The first-order chi connectivity index (χ1) is 7.11. The Labute approximate surface area is 93.9 Å². The first kappa shape index (κ1) is 12.3. The summed E-state index contributed by atoms with van der Waals surface area (Å²) in [4.78, 5) is 0. The molecule has 1 N–H and O–H groups in total. The van der Waals surface area contributed by atoms with Crippen LogP contribution in [0.2, 0.25) is 0 Å². The van der Waals surface area contributed by atoms with E-state index < -0.39 is 0 Å². The highest BCUT2D eigenvalue weighted by Gasteiger charge is 2.09. The molecule has 1 rings (SSSR count). The Morgan fingerprint density at radius 1 is 1.00 bits per heavy atom. The minimum atomic E-state index is 0.451. The van der Waals surface area contributed by atoms with Gasteiger partial charge in [0.2, 0.25) is 0 Å². The van der Waals surface area contributed by atoms with Gasteiger partial charge in [0, 0.05) is 6.04 Å². The largest absolute Gasteiger partial charge is 0.310 e. The third kappa shape index (κ3) is 4.05. The van der Waals surface area contributed by atoms with Crippen molar-refractivity contribution in [3.63, 3.8) is 0 Å². The van der Waals surface area contributed by atoms with E-state index in [-0.39, 0.29) is 0 Å². The molecule has 0 aliphatic carbocycles. The molecule has 0 saturated heterocycles. The SMILES string of the molecule is CC(NCC(C)C(C)C)c1ccccc1. The summed E-state index contributed by atoms with van der Waals surface area (Å²) in [6, 6.07) is 11.1. The van der Waals surface area contributed by atoms with E-state index in [1.807, 2.05) is 0 Å². The lowest BCUT2D eigenvalue weighted by Gasteiger charge is -2.20. The van der Waals surface area contributed by atoms with Gasteiger partial charge in [-0.15, -0.1) is 0 Å². The van der Waals surface area contributed by atoms with Crippen LogP contribution in [0.3, 0.4) is 0 Å². The van der Waals surface area contributed by atoms with Gasteiger partial charge in [0.15, 0.2) is 0 Å². The zero-order chi connectivity index (χ0) is 11.3. The third-order valence-electron chi connectivity index (χ3n) is 3.18. The third-order valence-corrected chi connectivity index (χ3v) is 3.18. The lowest BCUT2D eigenvalue weighted by atomic mass is 9.97. The van der Waals surface area contributed by atoms with Crippen molar-refractivity contribution >= 4 is 0 Å². The topological polar surface area (TPSA) is 12.0 Å². The highest BCUT2D eigenvalue weighted by Crippen LogP contribution is 2.13. The number of hydrogen-bond acceptors (Lipinski definition) is 1. The predicted octanol–water partition coefficient (Wildman–Crippen LogP) is 3.63. The van der Waals surface area contributed by atoms with E-state index in [1.165, 1.54) is 5.56 Å². The van der Waals surface area contributed by atoms with Crippen molar-refractivity contribution in [2.75, 3.05) is 6.54 Å². The zero-order valence-electron chi connectivity index (χ0n) is 10.3. The number of rotatable bonds is 5. The van der Waals surface area contributed by atoms with Crippen molar-refractivity contribution in [3.8, 4) is 0 Å². The summed E-state index contributed by atoms with van der Waals surface area (Å²) in [5, 5.41) is 3.58. The van der Waals surface area contributed by atoms with E-state index in [0.29, 0.717) is 6.04 Å². The van der Waals surface area contributed by atoms with E-state index in [0.717, 1.165) is 18.4 Å². The summed E-state index contributed by atoms with van der Waals surface area (Å²) in [5.41, 5.74) is 1.37. The number of nitrogens with one attached hydrogen (secondary N) is 1. The van der Waals surface area contributed by atoms with Gasteiger partial charge in [-0.2, -0.15) is 0 Å². The summed E-state index contributed by atoms with van der Waals surface area (Å²) in [7, 11) is 0. The van der Waals surface area contributed by atoms with Gasteiger partial charge in [-0.05, 0) is 30.9 Å². The normalized spacial score (nSPS) is 15.3. The molecule has 2 atom stereocenters. The van der Waals surface area contributed by atoms with Crippen LogP contribution in [0.15, 0.2) is 30.3 Å². The van der Waals surface area contributed by atoms with Crippen LogP contribution in [0.25, 0.3) is 0 Å². The van der Waals surface area contributed by atoms with Gasteiger partial charge < -0.3 is 5.32 Å². The van der Waals surface area contributed by atoms with Crippen molar-refractivity contribution in [1.82, 2.24) is 5.32 Å². The lowest BCUT2D eigenvalue weighted by molar-refractivity contribution is 0.375. The van der Waals surface area contributed by atoms with Crippen LogP contribution in [0.5, 0.6) is 0 Å². The van der Waals surface area contributed by atoms with E-state index in [4.69, 9.17) is 0 Å². The first-order valence-corrected chi connectivity index (χ1v) is 5.89. The molecule has 0 aromatic heterocycles. The van der Waals surface area contributed by atoms with Crippen LogP contribution < -0.4 is 5.32 Å². The van der Waals surface area contributed by atoms with Crippen LogP contribution in [0, 0.1) is 11.8 Å². The van der Waals surface area contributed by atoms with Crippen molar-refractivity contribution < 1.29 is 0 Å². The highest BCUT2D eigenvalue weighted by atomic mass is 14.9. The molecule has 15 heavy (non-hydrogen) atoms. The van der Waals surface area contributed by atoms with E-state index in [9.17, 15) is 0 Å². The summed E-state index contributed by atoms with van der Waals surface area (Å²) in [6.45, 7) is 10.2. The van der Waals surface area contributed by atoms with Crippen LogP contribution in [0.4, 0.5) is 0 Å². The van der Waals surface area contributed by atoms with Crippen LogP contribution >= 0.6 is 0 Å². The highest BCUT2D eigenvalue weighted by molar-refractivity contribution is 5.17. The molecule has 0 saturated carbocycles. The number of benzene rings is 1.